The van der Waals surface area contributed by atoms with Gasteiger partial charge in [-0.05, 0) is 30.2 Å². The van der Waals surface area contributed by atoms with Gasteiger partial charge in [0.2, 0.25) is 0 Å². The lowest BCUT2D eigenvalue weighted by molar-refractivity contribution is 0.390. The summed E-state index contributed by atoms with van der Waals surface area (Å²) < 4.78 is 11.7. The van der Waals surface area contributed by atoms with Crippen LogP contribution in [0.1, 0.15) is 16.7 Å². The summed E-state index contributed by atoms with van der Waals surface area (Å²) in [5, 5.41) is 3.44. The van der Waals surface area contributed by atoms with Gasteiger partial charge < -0.3 is 14.8 Å². The first-order valence-corrected chi connectivity index (χ1v) is 7.60. The molecular formula is C17H20BrNO2. The Labute approximate surface area is 134 Å². The van der Waals surface area contributed by atoms with E-state index in [2.05, 4.69) is 46.4 Å². The van der Waals surface area contributed by atoms with Gasteiger partial charge in [-0.3, -0.25) is 0 Å². The molecule has 4 heteroatoms. The van der Waals surface area contributed by atoms with Crippen LogP contribution in [0.2, 0.25) is 0 Å². The summed E-state index contributed by atoms with van der Waals surface area (Å²) in [6.45, 7) is 3.63. The third-order valence-electron chi connectivity index (χ3n) is 3.33. The zero-order valence-electron chi connectivity index (χ0n) is 12.6. The monoisotopic (exact) mass is 349 g/mol. The van der Waals surface area contributed by atoms with Gasteiger partial charge in [0.05, 0.1) is 14.2 Å². The second kappa shape index (κ2) is 7.48. The van der Waals surface area contributed by atoms with Crippen molar-refractivity contribution < 1.29 is 9.47 Å². The Balaban J connectivity index is 2.00. The molecule has 0 radical (unpaired) electrons. The van der Waals surface area contributed by atoms with Crippen LogP contribution >= 0.6 is 15.9 Å². The Morgan fingerprint density at radius 1 is 0.952 bits per heavy atom. The van der Waals surface area contributed by atoms with Crippen molar-refractivity contribution in [1.29, 1.82) is 0 Å². The Hall–Kier alpha value is -1.52. The third kappa shape index (κ3) is 4.22. The number of halogens is 1. The number of rotatable bonds is 6. The van der Waals surface area contributed by atoms with Gasteiger partial charge in [-0.2, -0.15) is 0 Å². The zero-order chi connectivity index (χ0) is 15.2. The number of methoxy groups -OCH3 is 2. The van der Waals surface area contributed by atoms with Crippen molar-refractivity contribution in [3.05, 3.63) is 57.6 Å². The number of nitrogens with one attached hydrogen (secondary N) is 1. The fourth-order valence-electron chi connectivity index (χ4n) is 2.13. The predicted octanol–water partition coefficient (Wildman–Crippen LogP) is 4.06. The summed E-state index contributed by atoms with van der Waals surface area (Å²) in [4.78, 5) is 0. The summed E-state index contributed by atoms with van der Waals surface area (Å²) in [6, 6.07) is 12.3. The van der Waals surface area contributed by atoms with E-state index in [1.807, 2.05) is 18.2 Å². The maximum atomic E-state index is 5.40. The second-order valence-electron chi connectivity index (χ2n) is 4.88. The molecule has 0 saturated carbocycles. The van der Waals surface area contributed by atoms with E-state index in [9.17, 15) is 0 Å². The molecule has 2 aromatic rings. The second-order valence-corrected chi connectivity index (χ2v) is 5.73. The van der Waals surface area contributed by atoms with Gasteiger partial charge in [-0.15, -0.1) is 0 Å². The quantitative estimate of drug-likeness (QED) is 0.852. The lowest BCUT2D eigenvalue weighted by atomic mass is 10.1. The van der Waals surface area contributed by atoms with Crippen LogP contribution < -0.4 is 14.8 Å². The molecule has 1 N–H and O–H groups in total. The molecule has 0 aliphatic rings. The van der Waals surface area contributed by atoms with Crippen LogP contribution in [0.15, 0.2) is 40.9 Å². The third-order valence-corrected chi connectivity index (χ3v) is 4.07. The molecule has 0 unspecified atom stereocenters. The molecule has 0 amide bonds. The average Bonchev–Trinajstić information content (AvgIpc) is 2.49. The first-order chi connectivity index (χ1) is 10.1. The summed E-state index contributed by atoms with van der Waals surface area (Å²) in [5.74, 6) is 1.64. The topological polar surface area (TPSA) is 30.5 Å². The molecule has 112 valence electrons. The van der Waals surface area contributed by atoms with E-state index in [0.717, 1.165) is 34.6 Å². The van der Waals surface area contributed by atoms with Gasteiger partial charge in [0.15, 0.2) is 0 Å². The Kier molecular flexibility index (Phi) is 5.65. The van der Waals surface area contributed by atoms with Crippen LogP contribution in [0.3, 0.4) is 0 Å². The number of hydrogen-bond donors (Lipinski definition) is 1. The molecule has 0 aliphatic carbocycles. The Morgan fingerprint density at radius 2 is 1.67 bits per heavy atom. The van der Waals surface area contributed by atoms with E-state index < -0.39 is 0 Å². The minimum atomic E-state index is 0.744. The molecule has 0 atom stereocenters. The summed E-state index contributed by atoms with van der Waals surface area (Å²) in [6.07, 6.45) is 0. The molecule has 0 spiro atoms. The molecule has 0 heterocycles. The van der Waals surface area contributed by atoms with Crippen molar-refractivity contribution in [2.45, 2.75) is 20.0 Å². The fourth-order valence-corrected chi connectivity index (χ4v) is 2.76. The molecule has 0 aromatic heterocycles. The van der Waals surface area contributed by atoms with Gasteiger partial charge in [0, 0.05) is 29.2 Å². The van der Waals surface area contributed by atoms with Crippen LogP contribution in [-0.4, -0.2) is 14.2 Å². The number of aryl methyl sites for hydroxylation is 1. The number of benzene rings is 2. The molecule has 21 heavy (non-hydrogen) atoms. The molecule has 0 fully saturated rings. The largest absolute Gasteiger partial charge is 0.497 e. The maximum absolute atomic E-state index is 5.40. The summed E-state index contributed by atoms with van der Waals surface area (Å²) in [5.41, 5.74) is 3.61. The normalized spacial score (nSPS) is 10.5. The molecule has 2 aromatic carbocycles. The first-order valence-electron chi connectivity index (χ1n) is 6.80. The van der Waals surface area contributed by atoms with Gasteiger partial charge in [0.25, 0.3) is 0 Å². The van der Waals surface area contributed by atoms with Crippen LogP contribution in [0, 0.1) is 6.92 Å². The van der Waals surface area contributed by atoms with Crippen LogP contribution in [-0.2, 0) is 13.1 Å². The minimum absolute atomic E-state index is 0.744. The molecular weight excluding hydrogens is 330 g/mol. The lowest BCUT2D eigenvalue weighted by Crippen LogP contribution is -2.13. The van der Waals surface area contributed by atoms with Crippen molar-refractivity contribution in [2.24, 2.45) is 0 Å². The van der Waals surface area contributed by atoms with Crippen LogP contribution in [0.4, 0.5) is 0 Å². The van der Waals surface area contributed by atoms with E-state index in [4.69, 9.17) is 9.47 Å². The van der Waals surface area contributed by atoms with Crippen molar-refractivity contribution in [2.75, 3.05) is 14.2 Å². The van der Waals surface area contributed by atoms with Gasteiger partial charge in [-0.25, -0.2) is 0 Å². The van der Waals surface area contributed by atoms with Gasteiger partial charge in [0.1, 0.15) is 11.5 Å². The highest BCUT2D eigenvalue weighted by atomic mass is 79.9. The molecule has 0 saturated heterocycles. The van der Waals surface area contributed by atoms with E-state index in [0.29, 0.717) is 0 Å². The van der Waals surface area contributed by atoms with E-state index in [1.165, 1.54) is 11.1 Å². The van der Waals surface area contributed by atoms with E-state index >= 15 is 0 Å². The highest BCUT2D eigenvalue weighted by Crippen LogP contribution is 2.24. The summed E-state index contributed by atoms with van der Waals surface area (Å²) >= 11 is 3.60. The van der Waals surface area contributed by atoms with Gasteiger partial charge >= 0.3 is 0 Å². The van der Waals surface area contributed by atoms with E-state index in [1.54, 1.807) is 14.2 Å². The SMILES string of the molecule is COc1ccc(CNCc2ccc(C)cc2Br)c(OC)c1. The first kappa shape index (κ1) is 15.9. The standard InChI is InChI=1S/C17H20BrNO2/c1-12-4-5-13(16(18)8-12)10-19-11-14-6-7-15(20-2)9-17(14)21-3/h4-9,19H,10-11H2,1-3H3. The minimum Gasteiger partial charge on any atom is -0.497 e. The van der Waals surface area contributed by atoms with Crippen molar-refractivity contribution in [3.8, 4) is 11.5 Å². The Morgan fingerprint density at radius 3 is 2.33 bits per heavy atom. The maximum Gasteiger partial charge on any atom is 0.127 e. The highest BCUT2D eigenvalue weighted by Gasteiger charge is 2.05. The average molecular weight is 350 g/mol. The molecule has 0 bridgehead atoms. The predicted molar refractivity (Wildman–Crippen MR) is 89.0 cm³/mol. The van der Waals surface area contributed by atoms with Crippen molar-refractivity contribution in [3.63, 3.8) is 0 Å². The molecule has 3 nitrogen and oxygen atoms in total. The fraction of sp³-hybridized carbons (Fsp3) is 0.294. The zero-order valence-corrected chi connectivity index (χ0v) is 14.2. The molecule has 2 rings (SSSR count). The van der Waals surface area contributed by atoms with Crippen molar-refractivity contribution >= 4 is 15.9 Å². The number of ether oxygens (including phenoxy) is 2. The smallest absolute Gasteiger partial charge is 0.127 e. The van der Waals surface area contributed by atoms with Crippen LogP contribution in [0.25, 0.3) is 0 Å². The highest BCUT2D eigenvalue weighted by molar-refractivity contribution is 9.10. The van der Waals surface area contributed by atoms with Crippen molar-refractivity contribution in [1.82, 2.24) is 5.32 Å². The van der Waals surface area contributed by atoms with Crippen LogP contribution in [0.5, 0.6) is 11.5 Å². The summed E-state index contributed by atoms with van der Waals surface area (Å²) in [7, 11) is 3.33. The van der Waals surface area contributed by atoms with E-state index in [-0.39, 0.29) is 0 Å². The molecule has 0 aliphatic heterocycles. The lowest BCUT2D eigenvalue weighted by Gasteiger charge is -2.12. The Bertz CT molecular complexity index is 614. The van der Waals surface area contributed by atoms with Gasteiger partial charge in [-0.1, -0.05) is 34.1 Å². The number of hydrogen-bond acceptors (Lipinski definition) is 3.